The molecule has 3 heteroatoms. The zero-order chi connectivity index (χ0) is 19.6. The quantitative estimate of drug-likeness (QED) is 0.545. The van der Waals surface area contributed by atoms with Gasteiger partial charge in [0.25, 0.3) is 0 Å². The fourth-order valence-electron chi connectivity index (χ4n) is 3.91. The van der Waals surface area contributed by atoms with Crippen molar-refractivity contribution in [2.45, 2.75) is 57.8 Å². The van der Waals surface area contributed by atoms with Crippen LogP contribution in [-0.2, 0) is 20.9 Å². The molecule has 3 rings (SSSR count). The SMILES string of the molecule is CC(=O)O[C@@H](/C=C/c1ccccc1)[C@@H](OCc1ccccc1)C1CCCCC1. The van der Waals surface area contributed by atoms with Crippen LogP contribution in [0.15, 0.2) is 66.7 Å². The monoisotopic (exact) mass is 378 g/mol. The van der Waals surface area contributed by atoms with Crippen LogP contribution in [0, 0.1) is 5.92 Å². The summed E-state index contributed by atoms with van der Waals surface area (Å²) in [5, 5.41) is 0. The summed E-state index contributed by atoms with van der Waals surface area (Å²) in [6.07, 6.45) is 9.44. The van der Waals surface area contributed by atoms with E-state index in [9.17, 15) is 4.79 Å². The molecule has 1 saturated carbocycles. The molecule has 0 heterocycles. The van der Waals surface area contributed by atoms with Crippen LogP contribution in [0.2, 0.25) is 0 Å². The van der Waals surface area contributed by atoms with Gasteiger partial charge in [0.2, 0.25) is 0 Å². The van der Waals surface area contributed by atoms with Gasteiger partial charge in [-0.05, 0) is 36.0 Å². The van der Waals surface area contributed by atoms with Gasteiger partial charge in [-0.1, -0.05) is 86.0 Å². The van der Waals surface area contributed by atoms with Gasteiger partial charge in [0.05, 0.1) is 6.61 Å². The topological polar surface area (TPSA) is 35.5 Å². The fourth-order valence-corrected chi connectivity index (χ4v) is 3.91. The van der Waals surface area contributed by atoms with Gasteiger partial charge >= 0.3 is 5.97 Å². The van der Waals surface area contributed by atoms with Gasteiger partial charge in [-0.2, -0.15) is 0 Å². The lowest BCUT2D eigenvalue weighted by atomic mass is 9.83. The molecule has 0 unspecified atom stereocenters. The Hall–Kier alpha value is -2.39. The largest absolute Gasteiger partial charge is 0.456 e. The second kappa shape index (κ2) is 10.8. The molecule has 148 valence electrons. The van der Waals surface area contributed by atoms with E-state index in [0.29, 0.717) is 12.5 Å². The summed E-state index contributed by atoms with van der Waals surface area (Å²) in [7, 11) is 0. The minimum Gasteiger partial charge on any atom is -0.456 e. The van der Waals surface area contributed by atoms with Crippen LogP contribution < -0.4 is 0 Å². The third-order valence-electron chi connectivity index (χ3n) is 5.30. The molecule has 3 nitrogen and oxygen atoms in total. The van der Waals surface area contributed by atoms with E-state index in [1.807, 2.05) is 60.7 Å². The van der Waals surface area contributed by atoms with E-state index in [1.54, 1.807) is 0 Å². The van der Waals surface area contributed by atoms with Crippen molar-refractivity contribution in [2.75, 3.05) is 0 Å². The average molecular weight is 379 g/mol. The molecule has 1 fully saturated rings. The minimum absolute atomic E-state index is 0.135. The van der Waals surface area contributed by atoms with Gasteiger partial charge in [-0.15, -0.1) is 0 Å². The molecule has 0 amide bonds. The molecule has 28 heavy (non-hydrogen) atoms. The van der Waals surface area contributed by atoms with Crippen LogP contribution in [0.5, 0.6) is 0 Å². The molecular formula is C25H30O3. The van der Waals surface area contributed by atoms with E-state index in [-0.39, 0.29) is 18.2 Å². The Morgan fingerprint density at radius 1 is 1.00 bits per heavy atom. The molecule has 0 aromatic heterocycles. The van der Waals surface area contributed by atoms with Gasteiger partial charge < -0.3 is 9.47 Å². The highest BCUT2D eigenvalue weighted by Crippen LogP contribution is 2.31. The van der Waals surface area contributed by atoms with Gasteiger partial charge in [0, 0.05) is 6.92 Å². The molecule has 0 bridgehead atoms. The van der Waals surface area contributed by atoms with Crippen molar-refractivity contribution in [1.29, 1.82) is 0 Å². The highest BCUT2D eigenvalue weighted by molar-refractivity contribution is 5.66. The Morgan fingerprint density at radius 2 is 1.64 bits per heavy atom. The minimum atomic E-state index is -0.385. The zero-order valence-corrected chi connectivity index (χ0v) is 16.6. The first-order valence-corrected chi connectivity index (χ1v) is 10.3. The Kier molecular flexibility index (Phi) is 7.86. The van der Waals surface area contributed by atoms with Crippen LogP contribution in [-0.4, -0.2) is 18.2 Å². The summed E-state index contributed by atoms with van der Waals surface area (Å²) in [6.45, 7) is 2.00. The maximum atomic E-state index is 11.8. The molecule has 2 aromatic carbocycles. The van der Waals surface area contributed by atoms with Crippen molar-refractivity contribution in [3.05, 3.63) is 77.9 Å². The first kappa shape index (κ1) is 20.3. The summed E-state index contributed by atoms with van der Waals surface area (Å²) in [6, 6.07) is 20.3. The van der Waals surface area contributed by atoms with Gasteiger partial charge in [-0.25, -0.2) is 0 Å². The van der Waals surface area contributed by atoms with Crippen molar-refractivity contribution in [1.82, 2.24) is 0 Å². The summed E-state index contributed by atoms with van der Waals surface area (Å²) < 4.78 is 12.1. The number of hydrogen-bond acceptors (Lipinski definition) is 3. The van der Waals surface area contributed by atoms with Gasteiger partial charge in [-0.3, -0.25) is 4.79 Å². The lowest BCUT2D eigenvalue weighted by Crippen LogP contribution is -2.38. The van der Waals surface area contributed by atoms with Crippen LogP contribution >= 0.6 is 0 Å². The van der Waals surface area contributed by atoms with E-state index in [1.165, 1.54) is 26.2 Å². The first-order chi connectivity index (χ1) is 13.7. The van der Waals surface area contributed by atoms with Crippen LogP contribution in [0.1, 0.15) is 50.2 Å². The number of ether oxygens (including phenoxy) is 2. The highest BCUT2D eigenvalue weighted by Gasteiger charge is 2.32. The van der Waals surface area contributed by atoms with E-state index >= 15 is 0 Å². The fraction of sp³-hybridized carbons (Fsp3) is 0.400. The standard InChI is InChI=1S/C25H30O3/c1-20(26)28-24(18-17-21-11-5-2-6-12-21)25(23-15-9-4-10-16-23)27-19-22-13-7-3-8-14-22/h2-3,5-8,11-14,17-18,23-25H,4,9-10,15-16,19H2,1H3/b18-17+/t24-,25-/m0/s1. The average Bonchev–Trinajstić information content (AvgIpc) is 2.74. The van der Waals surface area contributed by atoms with Crippen molar-refractivity contribution in [3.63, 3.8) is 0 Å². The molecule has 1 aliphatic carbocycles. The third kappa shape index (κ3) is 6.35. The number of rotatable bonds is 8. The molecular weight excluding hydrogens is 348 g/mol. The molecule has 0 N–H and O–H groups in total. The molecule has 2 atom stereocenters. The molecule has 2 aromatic rings. The number of esters is 1. The third-order valence-corrected chi connectivity index (χ3v) is 5.30. The smallest absolute Gasteiger partial charge is 0.303 e. The summed E-state index contributed by atoms with van der Waals surface area (Å²) in [4.78, 5) is 11.8. The number of benzene rings is 2. The lowest BCUT2D eigenvalue weighted by Gasteiger charge is -2.34. The van der Waals surface area contributed by atoms with Crippen LogP contribution in [0.3, 0.4) is 0 Å². The Morgan fingerprint density at radius 3 is 2.29 bits per heavy atom. The zero-order valence-electron chi connectivity index (χ0n) is 16.6. The second-order valence-corrected chi connectivity index (χ2v) is 7.50. The van der Waals surface area contributed by atoms with Crippen LogP contribution in [0.25, 0.3) is 6.08 Å². The molecule has 0 aliphatic heterocycles. The Balaban J connectivity index is 1.79. The van der Waals surface area contributed by atoms with E-state index in [2.05, 4.69) is 12.1 Å². The maximum Gasteiger partial charge on any atom is 0.303 e. The van der Waals surface area contributed by atoms with E-state index in [0.717, 1.165) is 24.0 Å². The molecule has 0 radical (unpaired) electrons. The normalized spacial score (nSPS) is 17.3. The molecule has 0 spiro atoms. The summed E-state index contributed by atoms with van der Waals surface area (Å²) >= 11 is 0. The van der Waals surface area contributed by atoms with Crippen LogP contribution in [0.4, 0.5) is 0 Å². The summed E-state index contributed by atoms with van der Waals surface area (Å²) in [5.41, 5.74) is 2.22. The van der Waals surface area contributed by atoms with Crippen molar-refractivity contribution < 1.29 is 14.3 Å². The maximum absolute atomic E-state index is 11.8. The highest BCUT2D eigenvalue weighted by atomic mass is 16.6. The first-order valence-electron chi connectivity index (χ1n) is 10.3. The van der Waals surface area contributed by atoms with Crippen molar-refractivity contribution >= 4 is 12.0 Å². The number of carbonyl (C=O) groups excluding carboxylic acids is 1. The van der Waals surface area contributed by atoms with Gasteiger partial charge in [0.1, 0.15) is 12.2 Å². The van der Waals surface area contributed by atoms with Gasteiger partial charge in [0.15, 0.2) is 0 Å². The number of carbonyl (C=O) groups is 1. The molecule has 1 aliphatic rings. The number of hydrogen-bond donors (Lipinski definition) is 0. The molecule has 0 saturated heterocycles. The second-order valence-electron chi connectivity index (χ2n) is 7.50. The van der Waals surface area contributed by atoms with Crippen molar-refractivity contribution in [2.24, 2.45) is 5.92 Å². The van der Waals surface area contributed by atoms with Crippen molar-refractivity contribution in [3.8, 4) is 0 Å². The van der Waals surface area contributed by atoms with E-state index < -0.39 is 0 Å². The predicted molar refractivity (Wildman–Crippen MR) is 113 cm³/mol. The Labute approximate surface area is 168 Å². The Bertz CT molecular complexity index is 733. The predicted octanol–water partition coefficient (Wildman–Crippen LogP) is 5.80. The lowest BCUT2D eigenvalue weighted by molar-refractivity contribution is -0.155. The van der Waals surface area contributed by atoms with E-state index in [4.69, 9.17) is 9.47 Å². The summed E-state index contributed by atoms with van der Waals surface area (Å²) in [5.74, 6) is 0.133.